The molecule has 1 unspecified atom stereocenters. The largest absolute Gasteiger partial charge is 0.383 e. The molecule has 0 aliphatic heterocycles. The molecule has 0 fully saturated rings. The van der Waals surface area contributed by atoms with Gasteiger partial charge in [-0.1, -0.05) is 49.9 Å². The number of carbonyl (C=O) groups excluding carboxylic acids is 1. The minimum Gasteiger partial charge on any atom is -0.383 e. The van der Waals surface area contributed by atoms with Crippen molar-refractivity contribution >= 4 is 33.8 Å². The summed E-state index contributed by atoms with van der Waals surface area (Å²) in [5.74, 6) is -0.888. The predicted octanol–water partition coefficient (Wildman–Crippen LogP) is 4.85. The minimum atomic E-state index is -1.43. The number of allylic oxidation sites excluding steroid dienone is 1. The standard InChI is InChI=1S/C23H22FN3O2S/c1-3-12-30(29)27-20-11-7-10-18(21(20)24)22(28)15(2)19-13-17(14-26-23(19)25)16-8-5-4-6-9-16/h4-11,13-14,27H,2-3,12H2,1H3,(H2,25,26). The van der Waals surface area contributed by atoms with Crippen LogP contribution in [0.2, 0.25) is 0 Å². The molecule has 5 nitrogen and oxygen atoms in total. The zero-order valence-electron chi connectivity index (χ0n) is 16.5. The van der Waals surface area contributed by atoms with Crippen LogP contribution in [0.4, 0.5) is 15.9 Å². The molecule has 1 aromatic heterocycles. The van der Waals surface area contributed by atoms with Crippen LogP contribution < -0.4 is 10.5 Å². The van der Waals surface area contributed by atoms with Gasteiger partial charge in [0.1, 0.15) is 16.8 Å². The number of aromatic nitrogens is 1. The molecule has 0 amide bonds. The molecule has 7 heteroatoms. The molecule has 1 atom stereocenters. The number of benzene rings is 2. The van der Waals surface area contributed by atoms with E-state index in [0.29, 0.717) is 17.7 Å². The topological polar surface area (TPSA) is 85.1 Å². The van der Waals surface area contributed by atoms with E-state index in [-0.39, 0.29) is 22.6 Å². The minimum absolute atomic E-state index is 0.00423. The van der Waals surface area contributed by atoms with Gasteiger partial charge in [-0.05, 0) is 30.2 Å². The zero-order valence-corrected chi connectivity index (χ0v) is 17.3. The second-order valence-electron chi connectivity index (χ2n) is 6.65. The van der Waals surface area contributed by atoms with Crippen LogP contribution in [0.15, 0.2) is 67.4 Å². The Morgan fingerprint density at radius 2 is 1.87 bits per heavy atom. The highest BCUT2D eigenvalue weighted by atomic mass is 32.2. The van der Waals surface area contributed by atoms with E-state index in [1.807, 2.05) is 37.3 Å². The van der Waals surface area contributed by atoms with Gasteiger partial charge in [-0.15, -0.1) is 0 Å². The van der Waals surface area contributed by atoms with E-state index in [1.165, 1.54) is 18.2 Å². The number of nitrogens with two attached hydrogens (primary N) is 1. The number of hydrogen-bond acceptors (Lipinski definition) is 4. The van der Waals surface area contributed by atoms with Gasteiger partial charge in [-0.2, -0.15) is 0 Å². The van der Waals surface area contributed by atoms with E-state index in [9.17, 15) is 13.4 Å². The van der Waals surface area contributed by atoms with E-state index < -0.39 is 22.6 Å². The number of halogens is 1. The zero-order chi connectivity index (χ0) is 21.7. The van der Waals surface area contributed by atoms with Gasteiger partial charge >= 0.3 is 0 Å². The molecule has 154 valence electrons. The summed E-state index contributed by atoms with van der Waals surface area (Å²) >= 11 is 0. The Balaban J connectivity index is 1.93. The lowest BCUT2D eigenvalue weighted by Crippen LogP contribution is -2.12. The maximum absolute atomic E-state index is 14.9. The Kier molecular flexibility index (Phi) is 6.74. The lowest BCUT2D eigenvalue weighted by Gasteiger charge is -2.13. The van der Waals surface area contributed by atoms with Gasteiger partial charge in [-0.25, -0.2) is 13.6 Å². The predicted molar refractivity (Wildman–Crippen MR) is 121 cm³/mol. The first-order valence-corrected chi connectivity index (χ1v) is 10.7. The molecule has 0 bridgehead atoms. The quantitative estimate of drug-likeness (QED) is 0.401. The number of hydrogen-bond donors (Lipinski definition) is 2. The van der Waals surface area contributed by atoms with Crippen LogP contribution in [0.1, 0.15) is 29.3 Å². The summed E-state index contributed by atoms with van der Waals surface area (Å²) in [6.07, 6.45) is 2.29. The first kappa shape index (κ1) is 21.4. The maximum Gasteiger partial charge on any atom is 0.196 e. The molecular formula is C23H22FN3O2S. The number of nitrogens with one attached hydrogen (secondary N) is 1. The lowest BCUT2D eigenvalue weighted by atomic mass is 9.95. The van der Waals surface area contributed by atoms with Crippen molar-refractivity contribution in [3.8, 4) is 11.1 Å². The Bertz CT molecular complexity index is 1120. The third-order valence-electron chi connectivity index (χ3n) is 4.48. The highest BCUT2D eigenvalue weighted by molar-refractivity contribution is 7.86. The van der Waals surface area contributed by atoms with Crippen molar-refractivity contribution in [1.82, 2.24) is 4.98 Å². The molecule has 0 aliphatic rings. The van der Waals surface area contributed by atoms with Gasteiger partial charge in [0, 0.05) is 28.6 Å². The van der Waals surface area contributed by atoms with Gasteiger partial charge in [0.05, 0.1) is 11.3 Å². The van der Waals surface area contributed by atoms with Crippen molar-refractivity contribution in [2.75, 3.05) is 16.2 Å². The monoisotopic (exact) mass is 423 g/mol. The van der Waals surface area contributed by atoms with Crippen LogP contribution in [0.5, 0.6) is 0 Å². The summed E-state index contributed by atoms with van der Waals surface area (Å²) in [7, 11) is -1.43. The fourth-order valence-electron chi connectivity index (χ4n) is 2.94. The molecule has 3 aromatic rings. The van der Waals surface area contributed by atoms with Crippen molar-refractivity contribution in [2.45, 2.75) is 13.3 Å². The van der Waals surface area contributed by atoms with Gasteiger partial charge in [0.25, 0.3) is 0 Å². The molecule has 0 saturated heterocycles. The summed E-state index contributed by atoms with van der Waals surface area (Å²) < 4.78 is 29.5. The number of Topliss-reactive ketones (excluding diaryl/α,β-unsaturated/α-hetero) is 1. The molecule has 30 heavy (non-hydrogen) atoms. The second kappa shape index (κ2) is 9.45. The summed E-state index contributed by atoms with van der Waals surface area (Å²) in [5.41, 5.74) is 7.85. The Labute approximate surface area is 177 Å². The normalized spacial score (nSPS) is 11.7. The van der Waals surface area contributed by atoms with Crippen LogP contribution in [0.3, 0.4) is 0 Å². The summed E-state index contributed by atoms with van der Waals surface area (Å²) in [6.45, 7) is 5.72. The molecule has 2 aromatic carbocycles. The number of nitrogen functional groups attached to an aromatic ring is 1. The fraction of sp³-hybridized carbons (Fsp3) is 0.130. The number of rotatable bonds is 8. The van der Waals surface area contributed by atoms with E-state index in [0.717, 1.165) is 11.1 Å². The van der Waals surface area contributed by atoms with Gasteiger partial charge in [0.2, 0.25) is 0 Å². The number of ketones is 1. The van der Waals surface area contributed by atoms with Crippen LogP contribution >= 0.6 is 0 Å². The Morgan fingerprint density at radius 3 is 2.57 bits per heavy atom. The third kappa shape index (κ3) is 4.63. The summed E-state index contributed by atoms with van der Waals surface area (Å²) in [4.78, 5) is 17.2. The van der Waals surface area contributed by atoms with Crippen molar-refractivity contribution in [1.29, 1.82) is 0 Å². The maximum atomic E-state index is 14.9. The molecule has 0 aliphatic carbocycles. The summed E-state index contributed by atoms with van der Waals surface area (Å²) in [5, 5.41) is 0. The highest BCUT2D eigenvalue weighted by Gasteiger charge is 2.21. The van der Waals surface area contributed by atoms with Crippen LogP contribution in [0, 0.1) is 5.82 Å². The smallest absolute Gasteiger partial charge is 0.196 e. The molecule has 0 spiro atoms. The highest BCUT2D eigenvalue weighted by Crippen LogP contribution is 2.29. The van der Waals surface area contributed by atoms with E-state index in [4.69, 9.17) is 5.73 Å². The average Bonchev–Trinajstić information content (AvgIpc) is 2.75. The molecular weight excluding hydrogens is 401 g/mol. The number of carbonyl (C=O) groups is 1. The molecule has 3 N–H and O–H groups in total. The first-order chi connectivity index (χ1) is 14.4. The molecule has 0 saturated carbocycles. The van der Waals surface area contributed by atoms with Crippen molar-refractivity contribution in [2.24, 2.45) is 0 Å². The second-order valence-corrected chi connectivity index (χ2v) is 7.95. The lowest BCUT2D eigenvalue weighted by molar-refractivity contribution is 0.105. The molecule has 3 rings (SSSR count). The van der Waals surface area contributed by atoms with Crippen molar-refractivity contribution < 1.29 is 13.4 Å². The van der Waals surface area contributed by atoms with E-state index >= 15 is 0 Å². The SMILES string of the molecule is C=C(C(=O)c1cccc(NS(=O)CCC)c1F)c1cc(-c2ccccc2)cnc1N. The molecule has 1 heterocycles. The fourth-order valence-corrected chi connectivity index (χ4v) is 3.81. The molecule has 0 radical (unpaired) electrons. The number of nitrogens with zero attached hydrogens (tertiary/aromatic N) is 1. The van der Waals surface area contributed by atoms with Crippen LogP contribution in [0.25, 0.3) is 16.7 Å². The van der Waals surface area contributed by atoms with Gasteiger partial charge in [-0.3, -0.25) is 4.79 Å². The van der Waals surface area contributed by atoms with Gasteiger partial charge < -0.3 is 10.5 Å². The van der Waals surface area contributed by atoms with Crippen molar-refractivity contribution in [3.05, 3.63) is 84.3 Å². The van der Waals surface area contributed by atoms with E-state index in [2.05, 4.69) is 16.3 Å². The summed E-state index contributed by atoms with van der Waals surface area (Å²) in [6, 6.07) is 15.5. The Hall–Kier alpha value is -3.32. The first-order valence-electron chi connectivity index (χ1n) is 9.40. The number of anilines is 2. The van der Waals surface area contributed by atoms with Crippen molar-refractivity contribution in [3.63, 3.8) is 0 Å². The van der Waals surface area contributed by atoms with E-state index in [1.54, 1.807) is 12.3 Å². The van der Waals surface area contributed by atoms with Crippen LogP contribution in [-0.2, 0) is 11.0 Å². The van der Waals surface area contributed by atoms with Gasteiger partial charge in [0.15, 0.2) is 11.6 Å². The number of pyridine rings is 1. The Morgan fingerprint density at radius 1 is 1.13 bits per heavy atom. The van der Waals surface area contributed by atoms with Crippen LogP contribution in [-0.4, -0.2) is 20.7 Å². The average molecular weight is 424 g/mol. The third-order valence-corrected chi connectivity index (χ3v) is 5.71.